The Morgan fingerprint density at radius 3 is 2.67 bits per heavy atom. The topological polar surface area (TPSA) is 71.2 Å². The molecule has 30 heavy (non-hydrogen) atoms. The Bertz CT molecular complexity index is 987. The number of hydrogen-bond donors (Lipinski definition) is 2. The van der Waals surface area contributed by atoms with Gasteiger partial charge in [0.15, 0.2) is 11.6 Å². The first-order valence-electron chi connectivity index (χ1n) is 10.5. The largest absolute Gasteiger partial charge is 0.368 e. The Labute approximate surface area is 175 Å². The maximum atomic E-state index is 14.0. The zero-order valence-corrected chi connectivity index (χ0v) is 17.6. The molecule has 5 nitrogen and oxygen atoms in total. The molecule has 2 fully saturated rings. The van der Waals surface area contributed by atoms with E-state index in [4.69, 9.17) is 5.73 Å². The monoisotopic (exact) mass is 414 g/mol. The molecule has 1 saturated carbocycles. The van der Waals surface area contributed by atoms with Gasteiger partial charge in [-0.2, -0.15) is 0 Å². The molecule has 4 rings (SSSR count). The second-order valence-electron chi connectivity index (χ2n) is 9.03. The van der Waals surface area contributed by atoms with Gasteiger partial charge in [0.1, 0.15) is 0 Å². The zero-order chi connectivity index (χ0) is 21.6. The molecular formula is C23H28F2N4O. The Morgan fingerprint density at radius 2 is 2.07 bits per heavy atom. The summed E-state index contributed by atoms with van der Waals surface area (Å²) in [6.45, 7) is 7.04. The molecule has 2 atom stereocenters. The summed E-state index contributed by atoms with van der Waals surface area (Å²) >= 11 is 0. The van der Waals surface area contributed by atoms with Crippen molar-refractivity contribution < 1.29 is 13.6 Å². The van der Waals surface area contributed by atoms with Gasteiger partial charge in [-0.3, -0.25) is 9.78 Å². The fraction of sp³-hybridized carbons (Fsp3) is 0.478. The van der Waals surface area contributed by atoms with Crippen molar-refractivity contribution in [3.8, 4) is 11.1 Å². The molecule has 2 heterocycles. The first-order chi connectivity index (χ1) is 14.2. The van der Waals surface area contributed by atoms with Crippen molar-refractivity contribution in [1.29, 1.82) is 0 Å². The van der Waals surface area contributed by atoms with Gasteiger partial charge in [0.25, 0.3) is 5.91 Å². The summed E-state index contributed by atoms with van der Waals surface area (Å²) in [5.41, 5.74) is 8.87. The van der Waals surface area contributed by atoms with E-state index in [1.54, 1.807) is 6.20 Å². The van der Waals surface area contributed by atoms with Crippen molar-refractivity contribution in [3.05, 3.63) is 47.3 Å². The number of pyridine rings is 1. The van der Waals surface area contributed by atoms with Crippen LogP contribution in [0.1, 0.15) is 49.2 Å². The second-order valence-corrected chi connectivity index (χ2v) is 9.03. The number of benzene rings is 1. The van der Waals surface area contributed by atoms with Gasteiger partial charge >= 0.3 is 0 Å². The van der Waals surface area contributed by atoms with Gasteiger partial charge < -0.3 is 16.0 Å². The summed E-state index contributed by atoms with van der Waals surface area (Å²) in [6, 6.07) is 3.87. The van der Waals surface area contributed by atoms with Crippen LogP contribution in [-0.4, -0.2) is 35.6 Å². The number of aromatic nitrogens is 1. The fourth-order valence-corrected chi connectivity index (χ4v) is 4.26. The smallest absolute Gasteiger partial charge is 0.255 e. The first kappa shape index (κ1) is 20.7. The van der Waals surface area contributed by atoms with Gasteiger partial charge in [-0.1, -0.05) is 6.07 Å². The summed E-state index contributed by atoms with van der Waals surface area (Å²) in [4.78, 5) is 19.7. The minimum absolute atomic E-state index is 0.0803. The van der Waals surface area contributed by atoms with Crippen molar-refractivity contribution in [1.82, 2.24) is 10.3 Å². The number of anilines is 1. The highest BCUT2D eigenvalue weighted by Crippen LogP contribution is 2.39. The average Bonchev–Trinajstić information content (AvgIpc) is 3.47. The number of amides is 1. The minimum Gasteiger partial charge on any atom is -0.368 e. The molecular weight excluding hydrogens is 386 g/mol. The van der Waals surface area contributed by atoms with Crippen LogP contribution in [0.3, 0.4) is 0 Å². The van der Waals surface area contributed by atoms with Crippen LogP contribution in [0.5, 0.6) is 0 Å². The molecule has 1 saturated heterocycles. The summed E-state index contributed by atoms with van der Waals surface area (Å²) in [7, 11) is 0. The lowest BCUT2D eigenvalue weighted by Gasteiger charge is -2.28. The van der Waals surface area contributed by atoms with Crippen LogP contribution < -0.4 is 16.0 Å². The highest BCUT2D eigenvalue weighted by molar-refractivity contribution is 6.03. The lowest BCUT2D eigenvalue weighted by molar-refractivity contribution is 0.0936. The number of aryl methyl sites for hydroxylation is 1. The van der Waals surface area contributed by atoms with Gasteiger partial charge in [-0.05, 0) is 63.6 Å². The number of rotatable bonds is 5. The molecule has 0 radical (unpaired) electrons. The Hall–Kier alpha value is -2.54. The number of carbonyl (C=O) groups excluding carboxylic acids is 1. The average molecular weight is 415 g/mol. The third-order valence-electron chi connectivity index (χ3n) is 6.20. The molecule has 1 aromatic heterocycles. The normalized spacial score (nSPS) is 22.3. The fourth-order valence-electron chi connectivity index (χ4n) is 4.26. The Balaban J connectivity index is 1.83. The van der Waals surface area contributed by atoms with Crippen LogP contribution in [0.2, 0.25) is 0 Å². The highest BCUT2D eigenvalue weighted by atomic mass is 19.2. The van der Waals surface area contributed by atoms with E-state index in [0.717, 1.165) is 31.4 Å². The first-order valence-corrected chi connectivity index (χ1v) is 10.5. The molecule has 2 aliphatic rings. The second kappa shape index (κ2) is 7.61. The van der Waals surface area contributed by atoms with Crippen LogP contribution in [0.4, 0.5) is 14.5 Å². The molecule has 1 aliphatic carbocycles. The SMILES string of the molecule is Cc1ncc(C(=O)N[C@@H](C)C2CC2)c(N2CC[C@](C)(N)C2)c1-c1ccc(F)c(F)c1. The van der Waals surface area contributed by atoms with Crippen LogP contribution in [-0.2, 0) is 0 Å². The standard InChI is InChI=1S/C23H28F2N4O/c1-13(15-4-5-15)28-22(30)17-11-27-14(2)20(16-6-7-18(24)19(25)10-16)21(17)29-9-8-23(3,26)12-29/h6-7,10-11,13,15H,4-5,8-9,12,26H2,1-3H3,(H,28,30)/t13-,23-/m0/s1. The van der Waals surface area contributed by atoms with Crippen LogP contribution in [0.25, 0.3) is 11.1 Å². The molecule has 2 aromatic rings. The lowest BCUT2D eigenvalue weighted by atomic mass is 9.97. The molecule has 160 valence electrons. The van der Waals surface area contributed by atoms with Crippen molar-refractivity contribution in [2.75, 3.05) is 18.0 Å². The Kier molecular flexibility index (Phi) is 5.26. The van der Waals surface area contributed by atoms with E-state index in [1.165, 1.54) is 6.07 Å². The van der Waals surface area contributed by atoms with E-state index in [9.17, 15) is 13.6 Å². The van der Waals surface area contributed by atoms with Gasteiger partial charge in [-0.25, -0.2) is 8.78 Å². The lowest BCUT2D eigenvalue weighted by Crippen LogP contribution is -2.40. The maximum Gasteiger partial charge on any atom is 0.255 e. The molecule has 7 heteroatoms. The molecule has 0 spiro atoms. The molecule has 0 bridgehead atoms. The van der Waals surface area contributed by atoms with Crippen molar-refractivity contribution in [2.45, 2.75) is 51.6 Å². The third-order valence-corrected chi connectivity index (χ3v) is 6.20. The van der Waals surface area contributed by atoms with E-state index in [-0.39, 0.29) is 11.9 Å². The number of hydrogen-bond acceptors (Lipinski definition) is 4. The van der Waals surface area contributed by atoms with Gasteiger partial charge in [-0.15, -0.1) is 0 Å². The van der Waals surface area contributed by atoms with Crippen molar-refractivity contribution >= 4 is 11.6 Å². The molecule has 3 N–H and O–H groups in total. The van der Waals surface area contributed by atoms with Crippen molar-refractivity contribution in [3.63, 3.8) is 0 Å². The summed E-state index contributed by atoms with van der Waals surface area (Å²) < 4.78 is 27.6. The number of nitrogens with zero attached hydrogens (tertiary/aromatic N) is 2. The summed E-state index contributed by atoms with van der Waals surface area (Å²) in [5, 5.41) is 3.09. The van der Waals surface area contributed by atoms with Gasteiger partial charge in [0.2, 0.25) is 0 Å². The maximum absolute atomic E-state index is 14.0. The van der Waals surface area contributed by atoms with E-state index < -0.39 is 17.2 Å². The van der Waals surface area contributed by atoms with Gasteiger partial charge in [0.05, 0.1) is 11.3 Å². The van der Waals surface area contributed by atoms with E-state index in [1.807, 2.05) is 20.8 Å². The minimum atomic E-state index is -0.930. The van der Waals surface area contributed by atoms with Crippen LogP contribution in [0, 0.1) is 24.5 Å². The molecule has 1 aromatic carbocycles. The number of nitrogens with two attached hydrogens (primary N) is 1. The van der Waals surface area contributed by atoms with Gasteiger partial charge in [0, 0.05) is 42.1 Å². The predicted octanol–water partition coefficient (Wildman–Crippen LogP) is 3.79. The molecule has 1 aliphatic heterocycles. The zero-order valence-electron chi connectivity index (χ0n) is 17.6. The Morgan fingerprint density at radius 1 is 1.33 bits per heavy atom. The highest BCUT2D eigenvalue weighted by Gasteiger charge is 2.35. The molecule has 0 unspecified atom stereocenters. The quantitative estimate of drug-likeness (QED) is 0.781. The van der Waals surface area contributed by atoms with Crippen molar-refractivity contribution in [2.24, 2.45) is 11.7 Å². The summed E-state index contributed by atoms with van der Waals surface area (Å²) in [5.74, 6) is -1.53. The summed E-state index contributed by atoms with van der Waals surface area (Å²) in [6.07, 6.45) is 4.59. The number of halogens is 2. The molecule has 1 amide bonds. The van der Waals surface area contributed by atoms with E-state index in [0.29, 0.717) is 47.1 Å². The van der Waals surface area contributed by atoms with E-state index >= 15 is 0 Å². The number of nitrogens with one attached hydrogen (secondary N) is 1. The predicted molar refractivity (Wildman–Crippen MR) is 113 cm³/mol. The van der Waals surface area contributed by atoms with Crippen LogP contribution in [0.15, 0.2) is 24.4 Å². The third kappa shape index (κ3) is 4.03. The van der Waals surface area contributed by atoms with E-state index in [2.05, 4.69) is 15.2 Å². The van der Waals surface area contributed by atoms with Crippen LogP contribution >= 0.6 is 0 Å². The number of carbonyl (C=O) groups is 1.